The van der Waals surface area contributed by atoms with E-state index >= 15 is 0 Å². The number of carboxylic acids is 1. The number of hydrogen-bond acceptors (Lipinski definition) is 6. The molecule has 2 aromatic carbocycles. The monoisotopic (exact) mass is 368 g/mol. The zero-order chi connectivity index (χ0) is 18.4. The van der Waals surface area contributed by atoms with Crippen LogP contribution in [0.3, 0.4) is 0 Å². The maximum atomic E-state index is 12.0. The Morgan fingerprint density at radius 1 is 1.15 bits per heavy atom. The minimum Gasteiger partial charge on any atom is -0.505 e. The SMILES string of the molecule is Cc1nc2ccc(Oc3ccc4c(=O)[nH]c(C(=O)O)c(O)c4c3)cc2s1. The number of H-pyrrole nitrogens is 1. The average molecular weight is 368 g/mol. The molecular weight excluding hydrogens is 356 g/mol. The first kappa shape index (κ1) is 16.1. The summed E-state index contributed by atoms with van der Waals surface area (Å²) in [4.78, 5) is 29.7. The van der Waals surface area contributed by atoms with E-state index in [-0.39, 0.29) is 10.8 Å². The molecule has 3 N–H and O–H groups in total. The van der Waals surface area contributed by atoms with E-state index in [1.807, 2.05) is 19.1 Å². The minimum absolute atomic E-state index is 0.110. The third-order valence-corrected chi connectivity index (χ3v) is 4.82. The van der Waals surface area contributed by atoms with Gasteiger partial charge in [-0.1, -0.05) is 0 Å². The van der Waals surface area contributed by atoms with Gasteiger partial charge < -0.3 is 19.9 Å². The van der Waals surface area contributed by atoms with Crippen molar-refractivity contribution in [1.29, 1.82) is 0 Å². The molecule has 7 nitrogen and oxygen atoms in total. The highest BCUT2D eigenvalue weighted by Crippen LogP contribution is 2.32. The van der Waals surface area contributed by atoms with Crippen LogP contribution in [0.4, 0.5) is 0 Å². The molecule has 130 valence electrons. The van der Waals surface area contributed by atoms with Gasteiger partial charge >= 0.3 is 5.97 Å². The zero-order valence-corrected chi connectivity index (χ0v) is 14.3. The molecule has 0 unspecified atom stereocenters. The first-order valence-corrected chi connectivity index (χ1v) is 8.41. The zero-order valence-electron chi connectivity index (χ0n) is 13.4. The molecule has 0 spiro atoms. The maximum absolute atomic E-state index is 12.0. The van der Waals surface area contributed by atoms with E-state index in [9.17, 15) is 14.7 Å². The molecule has 0 bridgehead atoms. The van der Waals surface area contributed by atoms with Gasteiger partial charge in [-0.25, -0.2) is 9.78 Å². The van der Waals surface area contributed by atoms with Crippen LogP contribution in [0.25, 0.3) is 21.0 Å². The van der Waals surface area contributed by atoms with Gasteiger partial charge in [-0.2, -0.15) is 0 Å². The number of pyridine rings is 1. The molecule has 0 fully saturated rings. The van der Waals surface area contributed by atoms with Gasteiger partial charge in [0.05, 0.1) is 20.6 Å². The van der Waals surface area contributed by atoms with Crippen LogP contribution in [0, 0.1) is 6.92 Å². The Kier molecular flexibility index (Phi) is 3.62. The second-order valence-electron chi connectivity index (χ2n) is 5.65. The van der Waals surface area contributed by atoms with Gasteiger partial charge in [-0.3, -0.25) is 4.79 Å². The number of aromatic carboxylic acids is 1. The molecule has 0 saturated carbocycles. The van der Waals surface area contributed by atoms with Crippen LogP contribution in [-0.4, -0.2) is 26.2 Å². The number of aryl methyl sites for hydroxylation is 1. The van der Waals surface area contributed by atoms with Crippen molar-refractivity contribution < 1.29 is 19.7 Å². The molecule has 0 saturated heterocycles. The summed E-state index contributed by atoms with van der Waals surface area (Å²) in [7, 11) is 0. The van der Waals surface area contributed by atoms with E-state index in [1.165, 1.54) is 12.1 Å². The number of aromatic hydroxyl groups is 1. The van der Waals surface area contributed by atoms with E-state index < -0.39 is 23.0 Å². The fourth-order valence-electron chi connectivity index (χ4n) is 2.73. The predicted octanol–water partition coefficient (Wildman–Crippen LogP) is 3.64. The van der Waals surface area contributed by atoms with E-state index in [1.54, 1.807) is 23.5 Å². The number of nitrogens with one attached hydrogen (secondary N) is 1. The summed E-state index contributed by atoms with van der Waals surface area (Å²) in [6.07, 6.45) is 0. The number of carbonyl (C=O) groups is 1. The number of aromatic amines is 1. The van der Waals surface area contributed by atoms with Crippen LogP contribution in [-0.2, 0) is 0 Å². The van der Waals surface area contributed by atoms with Crippen molar-refractivity contribution in [2.75, 3.05) is 0 Å². The third-order valence-electron chi connectivity index (χ3n) is 3.88. The van der Waals surface area contributed by atoms with Crippen LogP contribution in [0.15, 0.2) is 41.2 Å². The van der Waals surface area contributed by atoms with Crippen LogP contribution in [0.2, 0.25) is 0 Å². The molecule has 0 radical (unpaired) electrons. The normalized spacial score (nSPS) is 11.1. The third kappa shape index (κ3) is 2.66. The quantitative estimate of drug-likeness (QED) is 0.509. The molecule has 4 aromatic rings. The lowest BCUT2D eigenvalue weighted by atomic mass is 10.1. The van der Waals surface area contributed by atoms with E-state index in [0.29, 0.717) is 11.5 Å². The Hall–Kier alpha value is -3.39. The number of thiazole rings is 1. The fourth-order valence-corrected chi connectivity index (χ4v) is 3.59. The Morgan fingerprint density at radius 3 is 2.65 bits per heavy atom. The van der Waals surface area contributed by atoms with Crippen LogP contribution >= 0.6 is 11.3 Å². The number of nitrogens with zero attached hydrogens (tertiary/aromatic N) is 1. The van der Waals surface area contributed by atoms with Gasteiger partial charge in [-0.15, -0.1) is 11.3 Å². The second kappa shape index (κ2) is 5.85. The standard InChI is InChI=1S/C18H12N2O5S/c1-8-19-13-5-3-10(7-14(13)26-8)25-9-2-4-11-12(6-9)16(21)15(18(23)24)20-17(11)22/h2-7,21H,1H3,(H,20,22)(H,23,24). The molecule has 0 atom stereocenters. The summed E-state index contributed by atoms with van der Waals surface area (Å²) in [6.45, 7) is 1.93. The van der Waals surface area contributed by atoms with Crippen molar-refractivity contribution in [3.63, 3.8) is 0 Å². The Bertz CT molecular complexity index is 1240. The van der Waals surface area contributed by atoms with Crippen molar-refractivity contribution in [3.8, 4) is 17.2 Å². The van der Waals surface area contributed by atoms with Gasteiger partial charge in [0.15, 0.2) is 11.4 Å². The first-order chi connectivity index (χ1) is 12.4. The van der Waals surface area contributed by atoms with Crippen LogP contribution in [0.1, 0.15) is 15.5 Å². The van der Waals surface area contributed by atoms with E-state index in [4.69, 9.17) is 9.84 Å². The molecule has 2 heterocycles. The van der Waals surface area contributed by atoms with Gasteiger partial charge in [0.25, 0.3) is 5.56 Å². The van der Waals surface area contributed by atoms with Crippen LogP contribution < -0.4 is 10.3 Å². The molecule has 2 aromatic heterocycles. The van der Waals surface area contributed by atoms with Crippen molar-refractivity contribution in [2.45, 2.75) is 6.92 Å². The van der Waals surface area contributed by atoms with E-state index in [2.05, 4.69) is 9.97 Å². The molecule has 26 heavy (non-hydrogen) atoms. The Morgan fingerprint density at radius 2 is 1.88 bits per heavy atom. The first-order valence-electron chi connectivity index (χ1n) is 7.60. The van der Waals surface area contributed by atoms with Gasteiger partial charge in [-0.05, 0) is 37.3 Å². The van der Waals surface area contributed by atoms with Crippen molar-refractivity contribution in [3.05, 3.63) is 57.5 Å². The highest BCUT2D eigenvalue weighted by atomic mass is 32.1. The molecule has 0 amide bonds. The van der Waals surface area contributed by atoms with Crippen molar-refractivity contribution >= 4 is 38.3 Å². The summed E-state index contributed by atoms with van der Waals surface area (Å²) in [5, 5.41) is 20.5. The Balaban J connectivity index is 1.79. The number of rotatable bonds is 3. The minimum atomic E-state index is -1.42. The summed E-state index contributed by atoms with van der Waals surface area (Å²) < 4.78 is 6.79. The lowest BCUT2D eigenvalue weighted by Crippen LogP contribution is -2.13. The lowest BCUT2D eigenvalue weighted by molar-refractivity contribution is 0.0687. The predicted molar refractivity (Wildman–Crippen MR) is 97.6 cm³/mol. The second-order valence-corrected chi connectivity index (χ2v) is 6.89. The molecule has 0 aliphatic heterocycles. The molecule has 0 aliphatic rings. The average Bonchev–Trinajstić information content (AvgIpc) is 2.97. The number of aromatic nitrogens is 2. The number of carboxylic acid groups (broad SMARTS) is 1. The highest BCUT2D eigenvalue weighted by Gasteiger charge is 2.16. The highest BCUT2D eigenvalue weighted by molar-refractivity contribution is 7.18. The topological polar surface area (TPSA) is 113 Å². The summed E-state index contributed by atoms with van der Waals surface area (Å²) in [5.74, 6) is -0.983. The number of ether oxygens (including phenoxy) is 1. The smallest absolute Gasteiger partial charge is 0.356 e. The maximum Gasteiger partial charge on any atom is 0.356 e. The number of fused-ring (bicyclic) bond motifs is 2. The summed E-state index contributed by atoms with van der Waals surface area (Å²) in [6, 6.07) is 9.97. The van der Waals surface area contributed by atoms with Crippen molar-refractivity contribution in [2.24, 2.45) is 0 Å². The largest absolute Gasteiger partial charge is 0.505 e. The fraction of sp³-hybridized carbons (Fsp3) is 0.0556. The van der Waals surface area contributed by atoms with Crippen molar-refractivity contribution in [1.82, 2.24) is 9.97 Å². The lowest BCUT2D eigenvalue weighted by Gasteiger charge is -2.09. The molecular formula is C18H12N2O5S. The number of benzene rings is 2. The molecule has 8 heteroatoms. The van der Waals surface area contributed by atoms with Gasteiger partial charge in [0.2, 0.25) is 0 Å². The molecule has 0 aliphatic carbocycles. The Labute approximate surface area is 150 Å². The number of hydrogen-bond donors (Lipinski definition) is 3. The molecule has 4 rings (SSSR count). The van der Waals surface area contributed by atoms with Crippen LogP contribution in [0.5, 0.6) is 17.2 Å². The van der Waals surface area contributed by atoms with Gasteiger partial charge in [0.1, 0.15) is 11.5 Å². The summed E-state index contributed by atoms with van der Waals surface area (Å²) in [5.41, 5.74) is -0.266. The summed E-state index contributed by atoms with van der Waals surface area (Å²) >= 11 is 1.55. The van der Waals surface area contributed by atoms with Gasteiger partial charge in [0, 0.05) is 11.5 Å². The van der Waals surface area contributed by atoms with E-state index in [0.717, 1.165) is 15.2 Å².